The maximum absolute atomic E-state index is 12.5. The first-order chi connectivity index (χ1) is 9.67. The van der Waals surface area contributed by atoms with Crippen molar-refractivity contribution in [2.75, 3.05) is 11.9 Å². The lowest BCUT2D eigenvalue weighted by Gasteiger charge is -2.32. The van der Waals surface area contributed by atoms with Gasteiger partial charge in [-0.25, -0.2) is 0 Å². The molecule has 106 valence electrons. The molecule has 0 fully saturated rings. The Morgan fingerprint density at radius 2 is 2.30 bits per heavy atom. The van der Waals surface area contributed by atoms with Gasteiger partial charge in [-0.1, -0.05) is 12.1 Å². The Bertz CT molecular complexity index is 567. The Labute approximate surface area is 118 Å². The summed E-state index contributed by atoms with van der Waals surface area (Å²) in [5, 5.41) is 2.98. The fourth-order valence-corrected chi connectivity index (χ4v) is 3.56. The van der Waals surface area contributed by atoms with Crippen LogP contribution in [0.5, 0.6) is 0 Å². The van der Waals surface area contributed by atoms with Crippen molar-refractivity contribution in [1.29, 1.82) is 0 Å². The number of rotatable bonds is 4. The van der Waals surface area contributed by atoms with Crippen molar-refractivity contribution in [1.82, 2.24) is 0 Å². The van der Waals surface area contributed by atoms with Crippen molar-refractivity contribution in [3.63, 3.8) is 0 Å². The number of hydrogen-bond donors (Lipinski definition) is 1. The van der Waals surface area contributed by atoms with E-state index in [9.17, 15) is 9.59 Å². The van der Waals surface area contributed by atoms with Gasteiger partial charge in [-0.15, -0.1) is 0 Å². The largest absolute Gasteiger partial charge is 0.466 e. The summed E-state index contributed by atoms with van der Waals surface area (Å²) in [7, 11) is 0. The highest BCUT2D eigenvalue weighted by atomic mass is 16.5. The van der Waals surface area contributed by atoms with E-state index in [4.69, 9.17) is 4.74 Å². The molecule has 1 aromatic rings. The van der Waals surface area contributed by atoms with E-state index in [-0.39, 0.29) is 11.9 Å². The maximum atomic E-state index is 12.5. The lowest BCUT2D eigenvalue weighted by molar-refractivity contribution is -0.143. The number of nitrogens with one attached hydrogen (secondary N) is 1. The number of esters is 1. The number of carbonyl (C=O) groups is 2. The second-order valence-electron chi connectivity index (χ2n) is 5.53. The fourth-order valence-electron chi connectivity index (χ4n) is 3.56. The third kappa shape index (κ3) is 1.90. The zero-order chi connectivity index (χ0) is 14.2. The Kier molecular flexibility index (Phi) is 3.24. The van der Waals surface area contributed by atoms with E-state index in [1.807, 2.05) is 12.1 Å². The normalized spacial score (nSPS) is 23.1. The van der Waals surface area contributed by atoms with Crippen molar-refractivity contribution >= 4 is 17.6 Å². The molecule has 0 saturated carbocycles. The second kappa shape index (κ2) is 4.93. The Balaban J connectivity index is 1.92. The highest BCUT2D eigenvalue weighted by Gasteiger charge is 2.49. The molecule has 1 atom stereocenters. The average molecular weight is 273 g/mol. The van der Waals surface area contributed by atoms with Crippen LogP contribution in [0.1, 0.15) is 43.7 Å². The van der Waals surface area contributed by atoms with Gasteiger partial charge in [0, 0.05) is 12.1 Å². The third-order valence-electron chi connectivity index (χ3n) is 4.42. The number of aryl methyl sites for hydroxylation is 1. The quantitative estimate of drug-likeness (QED) is 0.858. The molecule has 1 heterocycles. The predicted molar refractivity (Wildman–Crippen MR) is 75.6 cm³/mol. The molecule has 0 spiro atoms. The number of ether oxygens (including phenoxy) is 1. The molecule has 1 amide bonds. The molecule has 1 aliphatic carbocycles. The first-order valence-corrected chi connectivity index (χ1v) is 7.27. The molecule has 4 nitrogen and oxygen atoms in total. The van der Waals surface area contributed by atoms with Gasteiger partial charge in [-0.2, -0.15) is 0 Å². The Morgan fingerprint density at radius 3 is 3.10 bits per heavy atom. The number of carbonyl (C=O) groups excluding carboxylic acids is 2. The van der Waals surface area contributed by atoms with Gasteiger partial charge in [0.2, 0.25) is 5.91 Å². The van der Waals surface area contributed by atoms with Gasteiger partial charge in [-0.05, 0) is 49.8 Å². The molecule has 4 heteroatoms. The van der Waals surface area contributed by atoms with Crippen LogP contribution in [0.15, 0.2) is 18.2 Å². The SMILES string of the molecule is CCOC(=O)CCC12CCCc3cccc(c31)NC2=O. The van der Waals surface area contributed by atoms with Crippen LogP contribution in [0.25, 0.3) is 0 Å². The zero-order valence-corrected chi connectivity index (χ0v) is 11.7. The molecule has 1 aliphatic heterocycles. The summed E-state index contributed by atoms with van der Waals surface area (Å²) in [5.41, 5.74) is 2.78. The molecule has 2 aliphatic rings. The minimum absolute atomic E-state index is 0.0453. The van der Waals surface area contributed by atoms with Crippen LogP contribution in [0.3, 0.4) is 0 Å². The van der Waals surface area contributed by atoms with E-state index in [1.165, 1.54) is 5.56 Å². The van der Waals surface area contributed by atoms with Crippen LogP contribution >= 0.6 is 0 Å². The predicted octanol–water partition coefficient (Wildman–Crippen LogP) is 2.56. The fraction of sp³-hybridized carbons (Fsp3) is 0.500. The molecule has 1 N–H and O–H groups in total. The van der Waals surface area contributed by atoms with Crippen molar-refractivity contribution < 1.29 is 14.3 Å². The van der Waals surface area contributed by atoms with E-state index < -0.39 is 5.41 Å². The molecule has 0 bridgehead atoms. The average Bonchev–Trinajstić information content (AvgIpc) is 2.73. The molecular weight excluding hydrogens is 254 g/mol. The molecule has 1 unspecified atom stereocenters. The van der Waals surface area contributed by atoms with E-state index in [0.29, 0.717) is 19.4 Å². The molecule has 20 heavy (non-hydrogen) atoms. The smallest absolute Gasteiger partial charge is 0.305 e. The summed E-state index contributed by atoms with van der Waals surface area (Å²) >= 11 is 0. The number of hydrogen-bond acceptors (Lipinski definition) is 3. The van der Waals surface area contributed by atoms with Crippen LogP contribution in [0, 0.1) is 0 Å². The van der Waals surface area contributed by atoms with Gasteiger partial charge in [0.15, 0.2) is 0 Å². The van der Waals surface area contributed by atoms with Gasteiger partial charge in [0.05, 0.1) is 12.0 Å². The van der Waals surface area contributed by atoms with Crippen LogP contribution in [0.2, 0.25) is 0 Å². The highest BCUT2D eigenvalue weighted by molar-refractivity contribution is 6.07. The van der Waals surface area contributed by atoms with Crippen LogP contribution in [-0.2, 0) is 26.2 Å². The summed E-state index contributed by atoms with van der Waals surface area (Å²) in [5.74, 6) is -0.171. The van der Waals surface area contributed by atoms with Crippen molar-refractivity contribution in [2.24, 2.45) is 0 Å². The van der Waals surface area contributed by atoms with Crippen molar-refractivity contribution in [2.45, 2.75) is 44.4 Å². The molecule has 0 aromatic heterocycles. The highest BCUT2D eigenvalue weighted by Crippen LogP contribution is 2.49. The van der Waals surface area contributed by atoms with Gasteiger partial charge >= 0.3 is 5.97 Å². The molecule has 3 rings (SSSR count). The summed E-state index contributed by atoms with van der Waals surface area (Å²) in [6.45, 7) is 2.19. The molecule has 0 radical (unpaired) electrons. The number of benzene rings is 1. The minimum atomic E-state index is -0.517. The van der Waals surface area contributed by atoms with E-state index >= 15 is 0 Å². The van der Waals surface area contributed by atoms with E-state index in [1.54, 1.807) is 6.92 Å². The third-order valence-corrected chi connectivity index (χ3v) is 4.42. The second-order valence-corrected chi connectivity index (χ2v) is 5.53. The van der Waals surface area contributed by atoms with Crippen LogP contribution in [0.4, 0.5) is 5.69 Å². The first-order valence-electron chi connectivity index (χ1n) is 7.27. The van der Waals surface area contributed by atoms with Gasteiger partial charge in [0.1, 0.15) is 0 Å². The standard InChI is InChI=1S/C16H19NO3/c1-2-20-13(18)8-10-16-9-4-6-11-5-3-7-12(14(11)16)17-15(16)19/h3,5,7H,2,4,6,8-10H2,1H3,(H,17,19). The van der Waals surface area contributed by atoms with Gasteiger partial charge < -0.3 is 10.1 Å². The molecular formula is C16H19NO3. The zero-order valence-electron chi connectivity index (χ0n) is 11.7. The Hall–Kier alpha value is -1.84. The van der Waals surface area contributed by atoms with Gasteiger partial charge in [-0.3, -0.25) is 9.59 Å². The minimum Gasteiger partial charge on any atom is -0.466 e. The Morgan fingerprint density at radius 1 is 1.45 bits per heavy atom. The summed E-state index contributed by atoms with van der Waals surface area (Å²) < 4.78 is 4.99. The van der Waals surface area contributed by atoms with Crippen molar-refractivity contribution in [3.8, 4) is 0 Å². The molecule has 1 aromatic carbocycles. The number of amides is 1. The first kappa shape index (κ1) is 13.2. The monoisotopic (exact) mass is 273 g/mol. The van der Waals surface area contributed by atoms with Crippen molar-refractivity contribution in [3.05, 3.63) is 29.3 Å². The summed E-state index contributed by atoms with van der Waals surface area (Å²) in [6, 6.07) is 6.03. The summed E-state index contributed by atoms with van der Waals surface area (Å²) in [4.78, 5) is 24.1. The number of anilines is 1. The van der Waals surface area contributed by atoms with Crippen LogP contribution < -0.4 is 5.32 Å². The topological polar surface area (TPSA) is 55.4 Å². The maximum Gasteiger partial charge on any atom is 0.305 e. The van der Waals surface area contributed by atoms with E-state index in [0.717, 1.165) is 30.5 Å². The lowest BCUT2D eigenvalue weighted by atomic mass is 9.68. The van der Waals surface area contributed by atoms with Crippen LogP contribution in [-0.4, -0.2) is 18.5 Å². The van der Waals surface area contributed by atoms with E-state index in [2.05, 4.69) is 11.4 Å². The lowest BCUT2D eigenvalue weighted by Crippen LogP contribution is -2.37. The van der Waals surface area contributed by atoms with Gasteiger partial charge in [0.25, 0.3) is 0 Å². The summed E-state index contributed by atoms with van der Waals surface area (Å²) in [6.07, 6.45) is 3.67. The molecule has 0 saturated heterocycles.